The van der Waals surface area contributed by atoms with E-state index in [2.05, 4.69) is 9.55 Å². The minimum Gasteiger partial charge on any atom is -0.375 e. The first-order valence-corrected chi connectivity index (χ1v) is 7.74. The molecule has 1 aromatic rings. The van der Waals surface area contributed by atoms with Crippen molar-refractivity contribution in [2.75, 3.05) is 39.9 Å². The molecule has 2 aliphatic heterocycles. The Morgan fingerprint density at radius 2 is 2.00 bits per heavy atom. The van der Waals surface area contributed by atoms with Crippen LogP contribution in [0.4, 0.5) is 0 Å². The Bertz CT molecular complexity index is 549. The summed E-state index contributed by atoms with van der Waals surface area (Å²) in [5.41, 5.74) is 0. The van der Waals surface area contributed by atoms with Crippen molar-refractivity contribution >= 4 is 11.8 Å². The number of fused-ring (bicyclic) bond motifs is 1. The van der Waals surface area contributed by atoms with Crippen molar-refractivity contribution in [2.24, 2.45) is 5.92 Å². The molecule has 3 rings (SSSR count). The zero-order chi connectivity index (χ0) is 15.5. The topological polar surface area (TPSA) is 67.7 Å². The van der Waals surface area contributed by atoms with Gasteiger partial charge < -0.3 is 19.1 Å². The van der Waals surface area contributed by atoms with Crippen LogP contribution < -0.4 is 0 Å². The van der Waals surface area contributed by atoms with E-state index in [1.54, 1.807) is 11.1 Å². The number of carbonyl (C=O) groups excluding carboxylic acids is 2. The van der Waals surface area contributed by atoms with Gasteiger partial charge in [-0.3, -0.25) is 9.59 Å². The van der Waals surface area contributed by atoms with Gasteiger partial charge in [-0.25, -0.2) is 4.98 Å². The van der Waals surface area contributed by atoms with Crippen molar-refractivity contribution in [3.8, 4) is 0 Å². The molecule has 22 heavy (non-hydrogen) atoms. The number of methoxy groups -OCH3 is 1. The molecule has 120 valence electrons. The van der Waals surface area contributed by atoms with E-state index in [0.29, 0.717) is 26.2 Å². The van der Waals surface area contributed by atoms with Crippen LogP contribution >= 0.6 is 0 Å². The number of hydrogen-bond donors (Lipinski definition) is 0. The number of nitrogens with zero attached hydrogens (tertiary/aromatic N) is 4. The molecule has 2 aliphatic rings. The number of imidazole rings is 1. The number of aromatic nitrogens is 2. The zero-order valence-electron chi connectivity index (χ0n) is 12.9. The quantitative estimate of drug-likeness (QED) is 0.773. The monoisotopic (exact) mass is 306 g/mol. The molecule has 0 radical (unpaired) electrons. The van der Waals surface area contributed by atoms with E-state index in [0.717, 1.165) is 25.2 Å². The van der Waals surface area contributed by atoms with Gasteiger partial charge in [0.25, 0.3) is 0 Å². The molecule has 1 unspecified atom stereocenters. The standard InChI is InChI=1S/C15H22N4O3/c1-22-11-14(20)17-6-8-18(9-7-17)15(21)12-2-3-13-16-4-5-19(13)10-12/h4-5,12H,2-3,6-11H2,1H3. The summed E-state index contributed by atoms with van der Waals surface area (Å²) in [6.07, 6.45) is 5.45. The fourth-order valence-electron chi connectivity index (χ4n) is 3.22. The van der Waals surface area contributed by atoms with Crippen LogP contribution in [0.1, 0.15) is 12.2 Å². The molecular weight excluding hydrogens is 284 g/mol. The summed E-state index contributed by atoms with van der Waals surface area (Å²) in [4.78, 5) is 32.4. The molecule has 1 atom stereocenters. The van der Waals surface area contributed by atoms with E-state index in [4.69, 9.17) is 4.74 Å². The average Bonchev–Trinajstić information content (AvgIpc) is 3.02. The number of carbonyl (C=O) groups is 2. The summed E-state index contributed by atoms with van der Waals surface area (Å²) in [6.45, 7) is 3.24. The third-order valence-corrected chi connectivity index (χ3v) is 4.50. The number of rotatable bonds is 3. The minimum absolute atomic E-state index is 0.00433. The van der Waals surface area contributed by atoms with E-state index >= 15 is 0 Å². The lowest BCUT2D eigenvalue weighted by molar-refractivity contribution is -0.144. The highest BCUT2D eigenvalue weighted by atomic mass is 16.5. The minimum atomic E-state index is -0.00433. The molecule has 7 nitrogen and oxygen atoms in total. The van der Waals surface area contributed by atoms with Gasteiger partial charge in [0.15, 0.2) is 0 Å². The van der Waals surface area contributed by atoms with Gasteiger partial charge in [-0.05, 0) is 6.42 Å². The van der Waals surface area contributed by atoms with Crippen molar-refractivity contribution in [2.45, 2.75) is 19.4 Å². The van der Waals surface area contributed by atoms with Gasteiger partial charge in [-0.1, -0.05) is 0 Å². The molecule has 0 aliphatic carbocycles. The van der Waals surface area contributed by atoms with Crippen molar-refractivity contribution in [1.29, 1.82) is 0 Å². The summed E-state index contributed by atoms with van der Waals surface area (Å²) in [5.74, 6) is 1.30. The van der Waals surface area contributed by atoms with Crippen LogP contribution in [-0.2, 0) is 27.3 Å². The van der Waals surface area contributed by atoms with Gasteiger partial charge in [0.05, 0.1) is 5.92 Å². The molecule has 1 saturated heterocycles. The Labute approximate surface area is 129 Å². The van der Waals surface area contributed by atoms with E-state index in [1.807, 2.05) is 11.1 Å². The first-order valence-electron chi connectivity index (χ1n) is 7.74. The van der Waals surface area contributed by atoms with Gasteiger partial charge in [0.1, 0.15) is 12.4 Å². The first-order chi connectivity index (χ1) is 10.7. The van der Waals surface area contributed by atoms with Crippen LogP contribution in [0.5, 0.6) is 0 Å². The summed E-state index contributed by atoms with van der Waals surface area (Å²) in [7, 11) is 1.52. The second-order valence-electron chi connectivity index (χ2n) is 5.87. The normalized spacial score (nSPS) is 21.6. The molecule has 2 amide bonds. The molecular formula is C15H22N4O3. The fourth-order valence-corrected chi connectivity index (χ4v) is 3.22. The van der Waals surface area contributed by atoms with Gasteiger partial charge in [-0.2, -0.15) is 0 Å². The highest BCUT2D eigenvalue weighted by Crippen LogP contribution is 2.21. The van der Waals surface area contributed by atoms with E-state index in [9.17, 15) is 9.59 Å². The molecule has 1 aromatic heterocycles. The Balaban J connectivity index is 1.53. The molecule has 0 saturated carbocycles. The summed E-state index contributed by atoms with van der Waals surface area (Å²) < 4.78 is 6.95. The number of aryl methyl sites for hydroxylation is 1. The number of piperazine rings is 1. The number of hydrogen-bond acceptors (Lipinski definition) is 4. The predicted molar refractivity (Wildman–Crippen MR) is 79.1 cm³/mol. The van der Waals surface area contributed by atoms with Crippen LogP contribution in [0.15, 0.2) is 12.4 Å². The maximum absolute atomic E-state index is 12.7. The van der Waals surface area contributed by atoms with Crippen molar-refractivity contribution in [1.82, 2.24) is 19.4 Å². The lowest BCUT2D eigenvalue weighted by Crippen LogP contribution is -2.53. The summed E-state index contributed by atoms with van der Waals surface area (Å²) in [6, 6.07) is 0. The Morgan fingerprint density at radius 3 is 2.73 bits per heavy atom. The van der Waals surface area contributed by atoms with Gasteiger partial charge in [0.2, 0.25) is 11.8 Å². The highest BCUT2D eigenvalue weighted by molar-refractivity contribution is 5.80. The SMILES string of the molecule is COCC(=O)N1CCN(C(=O)C2CCc3nccn3C2)CC1. The Hall–Kier alpha value is -1.89. The molecule has 3 heterocycles. The second-order valence-corrected chi connectivity index (χ2v) is 5.87. The van der Waals surface area contributed by atoms with Gasteiger partial charge in [-0.15, -0.1) is 0 Å². The molecule has 0 N–H and O–H groups in total. The van der Waals surface area contributed by atoms with Crippen LogP contribution in [0.2, 0.25) is 0 Å². The summed E-state index contributed by atoms with van der Waals surface area (Å²) in [5, 5.41) is 0. The van der Waals surface area contributed by atoms with Crippen molar-refractivity contribution in [3.63, 3.8) is 0 Å². The fraction of sp³-hybridized carbons (Fsp3) is 0.667. The second kappa shape index (κ2) is 6.48. The molecule has 0 bridgehead atoms. The molecule has 7 heteroatoms. The number of amides is 2. The van der Waals surface area contributed by atoms with Crippen LogP contribution in [0, 0.1) is 5.92 Å². The van der Waals surface area contributed by atoms with E-state index < -0.39 is 0 Å². The molecule has 1 fully saturated rings. The Morgan fingerprint density at radius 1 is 1.27 bits per heavy atom. The molecule has 0 aromatic carbocycles. The number of ether oxygens (including phenoxy) is 1. The third-order valence-electron chi connectivity index (χ3n) is 4.50. The average molecular weight is 306 g/mol. The van der Waals surface area contributed by atoms with Gasteiger partial charge in [0, 0.05) is 58.6 Å². The highest BCUT2D eigenvalue weighted by Gasteiger charge is 2.31. The van der Waals surface area contributed by atoms with Crippen LogP contribution in [0.3, 0.4) is 0 Å². The Kier molecular flexibility index (Phi) is 4.42. The predicted octanol–water partition coefficient (Wildman–Crippen LogP) is -0.237. The summed E-state index contributed by atoms with van der Waals surface area (Å²) >= 11 is 0. The van der Waals surface area contributed by atoms with E-state index in [-0.39, 0.29) is 24.3 Å². The maximum Gasteiger partial charge on any atom is 0.248 e. The lowest BCUT2D eigenvalue weighted by Gasteiger charge is -2.37. The van der Waals surface area contributed by atoms with Crippen molar-refractivity contribution in [3.05, 3.63) is 18.2 Å². The maximum atomic E-state index is 12.7. The largest absolute Gasteiger partial charge is 0.375 e. The van der Waals surface area contributed by atoms with Gasteiger partial charge >= 0.3 is 0 Å². The van der Waals surface area contributed by atoms with Crippen LogP contribution in [0.25, 0.3) is 0 Å². The van der Waals surface area contributed by atoms with Crippen LogP contribution in [-0.4, -0.2) is 71.1 Å². The molecule has 0 spiro atoms. The lowest BCUT2D eigenvalue weighted by atomic mass is 9.97. The van der Waals surface area contributed by atoms with Crippen molar-refractivity contribution < 1.29 is 14.3 Å². The zero-order valence-corrected chi connectivity index (χ0v) is 12.9. The van der Waals surface area contributed by atoms with E-state index in [1.165, 1.54) is 7.11 Å². The third kappa shape index (κ3) is 2.99. The first kappa shape index (κ1) is 15.0. The smallest absolute Gasteiger partial charge is 0.248 e.